The average Bonchev–Trinajstić information content (AvgIpc) is 3.70. The van der Waals surface area contributed by atoms with Gasteiger partial charge >= 0.3 is 6.09 Å². The minimum Gasteiger partial charge on any atom is -0.444 e. The van der Waals surface area contributed by atoms with E-state index in [1.54, 1.807) is 39.7 Å². The van der Waals surface area contributed by atoms with Crippen LogP contribution in [0.3, 0.4) is 0 Å². The summed E-state index contributed by atoms with van der Waals surface area (Å²) in [4.78, 5) is 35.2. The molecule has 2 aliphatic rings. The number of ether oxygens (including phenoxy) is 1. The fourth-order valence-corrected chi connectivity index (χ4v) is 3.28. The number of benzene rings is 1. The minimum atomic E-state index is -0.621. The summed E-state index contributed by atoms with van der Waals surface area (Å²) in [6.45, 7) is 0.177. The summed E-state index contributed by atoms with van der Waals surface area (Å²) in [6.07, 6.45) is 7.19. The summed E-state index contributed by atoms with van der Waals surface area (Å²) in [6, 6.07) is 16.9. The largest absolute Gasteiger partial charge is 0.444 e. The van der Waals surface area contributed by atoms with Gasteiger partial charge in [0.1, 0.15) is 12.3 Å². The van der Waals surface area contributed by atoms with E-state index >= 15 is 0 Å². The van der Waals surface area contributed by atoms with Crippen LogP contribution in [-0.2, 0) is 11.3 Å². The Kier molecular flexibility index (Phi) is 6.39. The van der Waals surface area contributed by atoms with Crippen molar-refractivity contribution in [1.82, 2.24) is 9.13 Å². The standard InChI is InChI=1S/C16H16N2O3.C8H10N2O/c19-15-14(7-4-10-18(15)13-8-9-13)17-16(20)21-11-12-5-2-1-3-6-12;9-7-2-1-5-10(8(7)11)6-3-4-6/h1-7,10,13H,8-9,11H2,(H,17,20);1-2,5-6H,3-4,9H2. The third kappa shape index (κ3) is 5.46. The van der Waals surface area contributed by atoms with Crippen molar-refractivity contribution < 1.29 is 9.53 Å². The van der Waals surface area contributed by atoms with Crippen molar-refractivity contribution in [2.75, 3.05) is 11.1 Å². The highest BCUT2D eigenvalue weighted by Crippen LogP contribution is 2.33. The number of hydrogen-bond acceptors (Lipinski definition) is 5. The van der Waals surface area contributed by atoms with E-state index in [-0.39, 0.29) is 29.5 Å². The molecule has 2 heterocycles. The lowest BCUT2D eigenvalue weighted by Crippen LogP contribution is -2.25. The third-order valence-corrected chi connectivity index (χ3v) is 5.31. The first-order valence-corrected chi connectivity index (χ1v) is 10.7. The number of carbonyl (C=O) groups is 1. The molecule has 0 spiro atoms. The third-order valence-electron chi connectivity index (χ3n) is 5.31. The molecule has 2 aromatic heterocycles. The van der Waals surface area contributed by atoms with Gasteiger partial charge in [-0.3, -0.25) is 14.9 Å². The van der Waals surface area contributed by atoms with E-state index in [2.05, 4.69) is 5.32 Å². The van der Waals surface area contributed by atoms with Crippen molar-refractivity contribution in [1.29, 1.82) is 0 Å². The van der Waals surface area contributed by atoms with Crippen LogP contribution in [0.1, 0.15) is 43.3 Å². The van der Waals surface area contributed by atoms with Crippen LogP contribution in [0.15, 0.2) is 76.6 Å². The summed E-state index contributed by atoms with van der Waals surface area (Å²) in [5, 5.41) is 2.51. The molecule has 0 radical (unpaired) electrons. The molecule has 32 heavy (non-hydrogen) atoms. The van der Waals surface area contributed by atoms with E-state index in [9.17, 15) is 14.4 Å². The molecule has 2 fully saturated rings. The molecule has 3 aromatic rings. The smallest absolute Gasteiger partial charge is 0.412 e. The summed E-state index contributed by atoms with van der Waals surface area (Å²) in [5.74, 6) is 0. The van der Waals surface area contributed by atoms with Gasteiger partial charge in [-0.15, -0.1) is 0 Å². The number of pyridine rings is 2. The van der Waals surface area contributed by atoms with Crippen LogP contribution in [-0.4, -0.2) is 15.2 Å². The van der Waals surface area contributed by atoms with E-state index in [0.29, 0.717) is 11.7 Å². The number of rotatable bonds is 5. The van der Waals surface area contributed by atoms with E-state index in [1.165, 1.54) is 0 Å². The van der Waals surface area contributed by atoms with E-state index in [4.69, 9.17) is 10.5 Å². The van der Waals surface area contributed by atoms with Crippen LogP contribution in [0.5, 0.6) is 0 Å². The molecule has 8 nitrogen and oxygen atoms in total. The van der Waals surface area contributed by atoms with Gasteiger partial charge in [-0.1, -0.05) is 30.3 Å². The lowest BCUT2D eigenvalue weighted by Gasteiger charge is -2.09. The summed E-state index contributed by atoms with van der Waals surface area (Å²) in [7, 11) is 0. The molecule has 0 aliphatic heterocycles. The second kappa shape index (κ2) is 9.55. The number of aromatic nitrogens is 2. The number of amides is 1. The van der Waals surface area contributed by atoms with Gasteiger partial charge in [-0.05, 0) is 55.5 Å². The first-order chi connectivity index (χ1) is 15.5. The van der Waals surface area contributed by atoms with Crippen molar-refractivity contribution >= 4 is 17.5 Å². The first kappa shape index (κ1) is 21.4. The summed E-state index contributed by atoms with van der Waals surface area (Å²) < 4.78 is 8.48. The molecule has 8 heteroatoms. The van der Waals surface area contributed by atoms with Gasteiger partial charge in [0, 0.05) is 24.5 Å². The number of nitrogens with one attached hydrogen (secondary N) is 1. The van der Waals surface area contributed by atoms with E-state index in [1.807, 2.05) is 36.4 Å². The Morgan fingerprint density at radius 1 is 0.875 bits per heavy atom. The Morgan fingerprint density at radius 3 is 2.09 bits per heavy atom. The summed E-state index contributed by atoms with van der Waals surface area (Å²) in [5.41, 5.74) is 6.72. The quantitative estimate of drug-likeness (QED) is 0.637. The number of anilines is 2. The predicted molar refractivity (Wildman–Crippen MR) is 123 cm³/mol. The van der Waals surface area contributed by atoms with E-state index < -0.39 is 6.09 Å². The molecule has 1 aromatic carbocycles. The van der Waals surface area contributed by atoms with E-state index in [0.717, 1.165) is 31.2 Å². The molecule has 0 bridgehead atoms. The normalized spacial score (nSPS) is 14.8. The molecule has 2 aliphatic carbocycles. The van der Waals surface area contributed by atoms with Crippen LogP contribution in [0, 0.1) is 0 Å². The van der Waals surface area contributed by atoms with Gasteiger partial charge in [0.05, 0.1) is 5.69 Å². The molecule has 1 amide bonds. The number of nitrogen functional groups attached to an aromatic ring is 1. The lowest BCUT2D eigenvalue weighted by atomic mass is 10.2. The van der Waals surface area contributed by atoms with Crippen molar-refractivity contribution in [2.45, 2.75) is 44.4 Å². The molecule has 0 saturated heterocycles. The number of hydrogen-bond donors (Lipinski definition) is 2. The minimum absolute atomic E-state index is 0.0463. The molecule has 5 rings (SSSR count). The van der Waals surface area contributed by atoms with Crippen molar-refractivity contribution in [3.63, 3.8) is 0 Å². The fraction of sp³-hybridized carbons (Fsp3) is 0.292. The van der Waals surface area contributed by atoms with Gasteiger partial charge in [0.15, 0.2) is 0 Å². The van der Waals surface area contributed by atoms with Crippen LogP contribution < -0.4 is 22.2 Å². The second-order valence-electron chi connectivity index (χ2n) is 7.96. The van der Waals surface area contributed by atoms with Crippen molar-refractivity contribution in [3.8, 4) is 0 Å². The SMILES string of the molecule is Nc1cccn(C2CC2)c1=O.O=C(Nc1cccn(C2CC2)c1=O)OCc1ccccc1. The topological polar surface area (TPSA) is 108 Å². The number of nitrogens with zero attached hydrogens (tertiary/aromatic N) is 2. The second-order valence-corrected chi connectivity index (χ2v) is 7.96. The highest BCUT2D eigenvalue weighted by atomic mass is 16.5. The zero-order chi connectivity index (χ0) is 22.5. The highest BCUT2D eigenvalue weighted by Gasteiger charge is 2.25. The lowest BCUT2D eigenvalue weighted by molar-refractivity contribution is 0.155. The maximum absolute atomic E-state index is 12.2. The van der Waals surface area contributed by atoms with Crippen LogP contribution in [0.25, 0.3) is 0 Å². The molecular formula is C24H26N4O4. The van der Waals surface area contributed by atoms with Crippen molar-refractivity contribution in [3.05, 3.63) is 93.3 Å². The zero-order valence-corrected chi connectivity index (χ0v) is 17.6. The van der Waals surface area contributed by atoms with Gasteiger partial charge in [0.2, 0.25) is 0 Å². The van der Waals surface area contributed by atoms with Gasteiger partial charge < -0.3 is 19.6 Å². The molecule has 0 atom stereocenters. The fourth-order valence-electron chi connectivity index (χ4n) is 3.28. The average molecular weight is 434 g/mol. The zero-order valence-electron chi connectivity index (χ0n) is 17.6. The Hall–Kier alpha value is -3.81. The highest BCUT2D eigenvalue weighted by molar-refractivity contribution is 5.84. The van der Waals surface area contributed by atoms with Gasteiger partial charge in [0.25, 0.3) is 11.1 Å². The number of carbonyl (C=O) groups excluding carboxylic acids is 1. The number of nitrogens with two attached hydrogens (primary N) is 1. The molecule has 2 saturated carbocycles. The molecular weight excluding hydrogens is 408 g/mol. The molecule has 166 valence electrons. The van der Waals surface area contributed by atoms with Crippen LogP contribution >= 0.6 is 0 Å². The molecule has 3 N–H and O–H groups in total. The molecule has 0 unspecified atom stereocenters. The van der Waals surface area contributed by atoms with Crippen molar-refractivity contribution in [2.24, 2.45) is 0 Å². The monoisotopic (exact) mass is 434 g/mol. The summed E-state index contributed by atoms with van der Waals surface area (Å²) >= 11 is 0. The van der Waals surface area contributed by atoms with Crippen LogP contribution in [0.2, 0.25) is 0 Å². The maximum atomic E-state index is 12.2. The van der Waals surface area contributed by atoms with Gasteiger partial charge in [-0.25, -0.2) is 4.79 Å². The Balaban J connectivity index is 0.000000186. The first-order valence-electron chi connectivity index (χ1n) is 10.7. The Bertz CT molecular complexity index is 1190. The maximum Gasteiger partial charge on any atom is 0.412 e. The predicted octanol–water partition coefficient (Wildman–Crippen LogP) is 3.70. The Labute approximate surface area is 185 Å². The van der Waals surface area contributed by atoms with Gasteiger partial charge in [-0.2, -0.15) is 0 Å². The van der Waals surface area contributed by atoms with Crippen LogP contribution in [0.4, 0.5) is 16.2 Å². The Morgan fingerprint density at radius 2 is 1.47 bits per heavy atom.